The fourth-order valence-electron chi connectivity index (χ4n) is 0.861. The molecule has 0 saturated heterocycles. The van der Waals surface area contributed by atoms with E-state index in [1.807, 2.05) is 18.2 Å². The Hall–Kier alpha value is -0.540. The monoisotopic (exact) mass is 211 g/mol. The SMILES string of the molecule is CC(C)NC(=S)Sc1ccccc1. The largest absolute Gasteiger partial charge is 0.369 e. The highest BCUT2D eigenvalue weighted by Crippen LogP contribution is 2.17. The van der Waals surface area contributed by atoms with Crippen molar-refractivity contribution in [1.29, 1.82) is 0 Å². The molecule has 70 valence electrons. The Kier molecular flexibility index (Phi) is 4.25. The van der Waals surface area contributed by atoms with Crippen molar-refractivity contribution in [2.24, 2.45) is 0 Å². The molecule has 0 aromatic heterocycles. The molecule has 13 heavy (non-hydrogen) atoms. The topological polar surface area (TPSA) is 12.0 Å². The van der Waals surface area contributed by atoms with Crippen LogP contribution in [-0.2, 0) is 0 Å². The minimum Gasteiger partial charge on any atom is -0.369 e. The van der Waals surface area contributed by atoms with Gasteiger partial charge in [-0.3, -0.25) is 0 Å². The first-order valence-electron chi connectivity index (χ1n) is 4.22. The molecule has 0 saturated carbocycles. The van der Waals surface area contributed by atoms with E-state index in [0.717, 1.165) is 4.32 Å². The Morgan fingerprint density at radius 3 is 2.46 bits per heavy atom. The summed E-state index contributed by atoms with van der Waals surface area (Å²) in [7, 11) is 0. The highest BCUT2D eigenvalue weighted by Gasteiger charge is 2.00. The minimum absolute atomic E-state index is 0.406. The van der Waals surface area contributed by atoms with Crippen molar-refractivity contribution in [3.05, 3.63) is 30.3 Å². The van der Waals surface area contributed by atoms with Gasteiger partial charge in [0.1, 0.15) is 4.32 Å². The van der Waals surface area contributed by atoms with Gasteiger partial charge < -0.3 is 5.32 Å². The number of hydrogen-bond acceptors (Lipinski definition) is 2. The lowest BCUT2D eigenvalue weighted by molar-refractivity contribution is 0.746. The maximum atomic E-state index is 5.16. The number of benzene rings is 1. The van der Waals surface area contributed by atoms with Gasteiger partial charge >= 0.3 is 0 Å². The molecule has 0 amide bonds. The summed E-state index contributed by atoms with van der Waals surface area (Å²) >= 11 is 6.76. The lowest BCUT2D eigenvalue weighted by Gasteiger charge is -2.09. The third-order valence-corrected chi connectivity index (χ3v) is 2.54. The van der Waals surface area contributed by atoms with Crippen molar-refractivity contribution in [1.82, 2.24) is 5.32 Å². The number of hydrogen-bond donors (Lipinski definition) is 1. The van der Waals surface area contributed by atoms with Gasteiger partial charge in [-0.1, -0.05) is 42.2 Å². The summed E-state index contributed by atoms with van der Waals surface area (Å²) in [6.45, 7) is 4.16. The van der Waals surface area contributed by atoms with Crippen LogP contribution in [0.15, 0.2) is 35.2 Å². The summed E-state index contributed by atoms with van der Waals surface area (Å²) in [5, 5.41) is 3.19. The van der Waals surface area contributed by atoms with Crippen LogP contribution in [0.25, 0.3) is 0 Å². The standard InChI is InChI=1S/C10H13NS2/c1-8(2)11-10(12)13-9-6-4-3-5-7-9/h3-8H,1-2H3,(H,11,12). The quantitative estimate of drug-likeness (QED) is 0.596. The van der Waals surface area contributed by atoms with Crippen LogP contribution in [-0.4, -0.2) is 10.4 Å². The summed E-state index contributed by atoms with van der Waals surface area (Å²) in [4.78, 5) is 1.18. The molecule has 0 spiro atoms. The van der Waals surface area contributed by atoms with E-state index in [0.29, 0.717) is 6.04 Å². The van der Waals surface area contributed by atoms with E-state index >= 15 is 0 Å². The highest BCUT2D eigenvalue weighted by atomic mass is 32.2. The molecule has 0 radical (unpaired) electrons. The Labute approximate surface area is 88.9 Å². The molecule has 0 aliphatic carbocycles. The van der Waals surface area contributed by atoms with Gasteiger partial charge in [0.05, 0.1) is 0 Å². The summed E-state index contributed by atoms with van der Waals surface area (Å²) in [6.07, 6.45) is 0. The van der Waals surface area contributed by atoms with Crippen molar-refractivity contribution in [2.45, 2.75) is 24.8 Å². The van der Waals surface area contributed by atoms with Crippen LogP contribution in [0.1, 0.15) is 13.8 Å². The van der Waals surface area contributed by atoms with E-state index in [1.54, 1.807) is 11.8 Å². The fraction of sp³-hybridized carbons (Fsp3) is 0.300. The van der Waals surface area contributed by atoms with Crippen LogP contribution in [0, 0.1) is 0 Å². The van der Waals surface area contributed by atoms with E-state index < -0.39 is 0 Å². The lowest BCUT2D eigenvalue weighted by atomic mass is 10.4. The first kappa shape index (κ1) is 10.5. The van der Waals surface area contributed by atoms with Crippen molar-refractivity contribution in [2.75, 3.05) is 0 Å². The van der Waals surface area contributed by atoms with Crippen LogP contribution in [0.5, 0.6) is 0 Å². The molecule has 0 heterocycles. The molecular formula is C10H13NS2. The van der Waals surface area contributed by atoms with Crippen molar-refractivity contribution in [3.63, 3.8) is 0 Å². The normalized spacial score (nSPS) is 10.1. The van der Waals surface area contributed by atoms with Crippen LogP contribution in [0.2, 0.25) is 0 Å². The predicted octanol–water partition coefficient (Wildman–Crippen LogP) is 3.06. The minimum atomic E-state index is 0.406. The Morgan fingerprint density at radius 2 is 1.92 bits per heavy atom. The van der Waals surface area contributed by atoms with Gasteiger partial charge in [-0.2, -0.15) is 0 Å². The molecule has 1 nitrogen and oxygen atoms in total. The maximum Gasteiger partial charge on any atom is 0.138 e. The van der Waals surface area contributed by atoms with E-state index in [-0.39, 0.29) is 0 Å². The van der Waals surface area contributed by atoms with Crippen molar-refractivity contribution in [3.8, 4) is 0 Å². The van der Waals surface area contributed by atoms with Gasteiger partial charge in [-0.25, -0.2) is 0 Å². The molecule has 3 heteroatoms. The molecular weight excluding hydrogens is 198 g/mol. The molecule has 0 unspecified atom stereocenters. The molecule has 1 aromatic carbocycles. The summed E-state index contributed by atoms with van der Waals surface area (Å²) < 4.78 is 0.834. The van der Waals surface area contributed by atoms with Crippen LogP contribution < -0.4 is 5.32 Å². The van der Waals surface area contributed by atoms with Gasteiger partial charge in [0.25, 0.3) is 0 Å². The fourth-order valence-corrected chi connectivity index (χ4v) is 2.19. The summed E-state index contributed by atoms with van der Waals surface area (Å²) in [5.74, 6) is 0. The highest BCUT2D eigenvalue weighted by molar-refractivity contribution is 8.23. The predicted molar refractivity (Wildman–Crippen MR) is 63.2 cm³/mol. The first-order valence-corrected chi connectivity index (χ1v) is 5.44. The van der Waals surface area contributed by atoms with Gasteiger partial charge in [-0.15, -0.1) is 0 Å². The molecule has 0 aliphatic heterocycles. The van der Waals surface area contributed by atoms with E-state index in [1.165, 1.54) is 4.90 Å². The molecule has 0 aliphatic rings. The Balaban J connectivity index is 2.46. The van der Waals surface area contributed by atoms with Crippen LogP contribution in [0.4, 0.5) is 0 Å². The molecule has 1 N–H and O–H groups in total. The smallest absolute Gasteiger partial charge is 0.138 e. The third kappa shape index (κ3) is 4.29. The van der Waals surface area contributed by atoms with Gasteiger partial charge in [-0.05, 0) is 26.0 Å². The Morgan fingerprint density at radius 1 is 1.31 bits per heavy atom. The van der Waals surface area contributed by atoms with E-state index in [2.05, 4.69) is 31.3 Å². The molecule has 1 rings (SSSR count). The molecule has 1 aromatic rings. The van der Waals surface area contributed by atoms with Crippen LogP contribution >= 0.6 is 24.0 Å². The van der Waals surface area contributed by atoms with E-state index in [9.17, 15) is 0 Å². The van der Waals surface area contributed by atoms with E-state index in [4.69, 9.17) is 12.2 Å². The molecule has 0 atom stereocenters. The Bertz CT molecular complexity index is 270. The number of thioether (sulfide) groups is 1. The number of nitrogens with one attached hydrogen (secondary N) is 1. The van der Waals surface area contributed by atoms with Gasteiger partial charge in [0, 0.05) is 10.9 Å². The maximum absolute atomic E-state index is 5.16. The first-order chi connectivity index (χ1) is 6.18. The third-order valence-electron chi connectivity index (χ3n) is 1.36. The summed E-state index contributed by atoms with van der Waals surface area (Å²) in [5.41, 5.74) is 0. The van der Waals surface area contributed by atoms with Gasteiger partial charge in [0.2, 0.25) is 0 Å². The van der Waals surface area contributed by atoms with Gasteiger partial charge in [0.15, 0.2) is 0 Å². The number of rotatable bonds is 2. The zero-order valence-corrected chi connectivity index (χ0v) is 9.41. The molecule has 0 bridgehead atoms. The summed E-state index contributed by atoms with van der Waals surface area (Å²) in [6, 6.07) is 10.5. The van der Waals surface area contributed by atoms with Crippen molar-refractivity contribution >= 4 is 28.3 Å². The second-order valence-corrected chi connectivity index (χ2v) is 4.75. The van der Waals surface area contributed by atoms with Crippen LogP contribution in [0.3, 0.4) is 0 Å². The second-order valence-electron chi connectivity index (χ2n) is 3.00. The molecule has 0 fully saturated rings. The second kappa shape index (κ2) is 5.25. The zero-order valence-electron chi connectivity index (χ0n) is 7.78. The lowest BCUT2D eigenvalue weighted by Crippen LogP contribution is -2.25. The zero-order chi connectivity index (χ0) is 9.68. The average molecular weight is 211 g/mol. The van der Waals surface area contributed by atoms with Crippen molar-refractivity contribution < 1.29 is 0 Å². The average Bonchev–Trinajstić information content (AvgIpc) is 2.04. The number of thiocarbonyl (C=S) groups is 1.